The lowest BCUT2D eigenvalue weighted by molar-refractivity contribution is -0.137. The molecule has 0 aromatic heterocycles. The van der Waals surface area contributed by atoms with E-state index < -0.39 is 17.8 Å². The second-order valence-electron chi connectivity index (χ2n) is 4.83. The van der Waals surface area contributed by atoms with Gasteiger partial charge in [0.05, 0.1) is 36.0 Å². The van der Waals surface area contributed by atoms with Crippen LogP contribution in [0.25, 0.3) is 0 Å². The number of hydrogen-bond donors (Lipinski definition) is 3. The SMILES string of the molecule is Cc1cc(C#N)cc(C(=O)O)c1NC1=CC(=O)N(CCO)C1=O. The van der Waals surface area contributed by atoms with Crippen molar-refractivity contribution < 1.29 is 24.6 Å². The van der Waals surface area contributed by atoms with E-state index in [2.05, 4.69) is 5.32 Å². The van der Waals surface area contributed by atoms with Crippen LogP contribution in [0.1, 0.15) is 21.5 Å². The van der Waals surface area contributed by atoms with Gasteiger partial charge in [-0.1, -0.05) is 0 Å². The molecule has 1 aromatic rings. The summed E-state index contributed by atoms with van der Waals surface area (Å²) in [5.41, 5.74) is 0.496. The average molecular weight is 315 g/mol. The van der Waals surface area contributed by atoms with Crippen molar-refractivity contribution in [2.45, 2.75) is 6.92 Å². The van der Waals surface area contributed by atoms with Gasteiger partial charge in [-0.25, -0.2) is 4.79 Å². The van der Waals surface area contributed by atoms with Crippen molar-refractivity contribution in [3.05, 3.63) is 40.6 Å². The van der Waals surface area contributed by atoms with E-state index >= 15 is 0 Å². The van der Waals surface area contributed by atoms with Crippen molar-refractivity contribution in [3.8, 4) is 6.07 Å². The Hall–Kier alpha value is -3.18. The number of hydrogen-bond acceptors (Lipinski definition) is 6. The Balaban J connectivity index is 2.40. The number of rotatable bonds is 5. The molecule has 0 unspecified atom stereocenters. The van der Waals surface area contributed by atoms with Gasteiger partial charge in [-0.15, -0.1) is 0 Å². The van der Waals surface area contributed by atoms with Crippen LogP contribution >= 0.6 is 0 Å². The van der Waals surface area contributed by atoms with Gasteiger partial charge in [0.25, 0.3) is 11.8 Å². The molecule has 0 fully saturated rings. The number of β-amino-alcohol motifs (C(OH)–C–C–N with tert-alkyl or cyclic N) is 1. The number of nitriles is 1. The van der Waals surface area contributed by atoms with Crippen molar-refractivity contribution in [2.75, 3.05) is 18.5 Å². The Morgan fingerprint density at radius 2 is 2.09 bits per heavy atom. The summed E-state index contributed by atoms with van der Waals surface area (Å²) in [6, 6.07) is 4.52. The van der Waals surface area contributed by atoms with Crippen LogP contribution in [0.5, 0.6) is 0 Å². The Morgan fingerprint density at radius 3 is 2.65 bits per heavy atom. The number of nitrogens with zero attached hydrogens (tertiary/aromatic N) is 2. The Kier molecular flexibility index (Phi) is 4.43. The zero-order valence-electron chi connectivity index (χ0n) is 12.2. The summed E-state index contributed by atoms with van der Waals surface area (Å²) in [6.45, 7) is 1.08. The molecule has 8 heteroatoms. The standard InChI is InChI=1S/C15H13N3O5/c1-8-4-9(7-16)5-10(15(22)23)13(8)17-11-6-12(20)18(2-3-19)14(11)21/h4-6,17,19H,2-3H2,1H3,(H,22,23). The van der Waals surface area contributed by atoms with Gasteiger partial charge >= 0.3 is 5.97 Å². The van der Waals surface area contributed by atoms with Crippen molar-refractivity contribution >= 4 is 23.5 Å². The van der Waals surface area contributed by atoms with Gasteiger partial charge in [-0.05, 0) is 24.6 Å². The maximum Gasteiger partial charge on any atom is 0.337 e. The molecule has 23 heavy (non-hydrogen) atoms. The number of carboxylic acids is 1. The van der Waals surface area contributed by atoms with Crippen LogP contribution < -0.4 is 5.32 Å². The first-order valence-corrected chi connectivity index (χ1v) is 6.62. The van der Waals surface area contributed by atoms with Gasteiger partial charge in [-0.2, -0.15) is 5.26 Å². The molecule has 1 aromatic carbocycles. The number of carboxylic acid groups (broad SMARTS) is 1. The van der Waals surface area contributed by atoms with Crippen LogP contribution in [0.3, 0.4) is 0 Å². The van der Waals surface area contributed by atoms with Crippen molar-refractivity contribution in [1.82, 2.24) is 4.90 Å². The molecule has 0 saturated heterocycles. The lowest BCUT2D eigenvalue weighted by Crippen LogP contribution is -2.34. The molecule has 0 radical (unpaired) electrons. The Bertz CT molecular complexity index is 776. The summed E-state index contributed by atoms with van der Waals surface area (Å²) >= 11 is 0. The van der Waals surface area contributed by atoms with Crippen molar-refractivity contribution in [3.63, 3.8) is 0 Å². The minimum Gasteiger partial charge on any atom is -0.478 e. The van der Waals surface area contributed by atoms with E-state index in [1.807, 2.05) is 6.07 Å². The van der Waals surface area contributed by atoms with Crippen LogP contribution in [-0.4, -0.2) is 46.0 Å². The number of aliphatic hydroxyl groups is 1. The third-order valence-corrected chi connectivity index (χ3v) is 3.29. The first-order chi connectivity index (χ1) is 10.9. The van der Waals surface area contributed by atoms with Gasteiger partial charge in [0.1, 0.15) is 5.70 Å². The van der Waals surface area contributed by atoms with E-state index in [9.17, 15) is 19.5 Å². The molecular formula is C15H13N3O5. The van der Waals surface area contributed by atoms with Crippen LogP contribution in [-0.2, 0) is 9.59 Å². The van der Waals surface area contributed by atoms with E-state index in [0.29, 0.717) is 5.56 Å². The van der Waals surface area contributed by atoms with Crippen molar-refractivity contribution in [2.24, 2.45) is 0 Å². The molecule has 0 aliphatic carbocycles. The fourth-order valence-electron chi connectivity index (χ4n) is 2.23. The number of amides is 2. The first-order valence-electron chi connectivity index (χ1n) is 6.62. The second kappa shape index (κ2) is 6.29. The maximum atomic E-state index is 12.1. The summed E-state index contributed by atoms with van der Waals surface area (Å²) in [5, 5.41) is 29.7. The molecule has 8 nitrogen and oxygen atoms in total. The number of anilines is 1. The van der Waals surface area contributed by atoms with E-state index in [4.69, 9.17) is 10.4 Å². The Morgan fingerprint density at radius 1 is 1.39 bits per heavy atom. The number of carbonyl (C=O) groups is 3. The second-order valence-corrected chi connectivity index (χ2v) is 4.83. The number of aliphatic hydroxyl groups excluding tert-OH is 1. The third kappa shape index (κ3) is 3.04. The number of aromatic carboxylic acids is 1. The monoisotopic (exact) mass is 315 g/mol. The van der Waals surface area contributed by atoms with E-state index in [1.165, 1.54) is 12.1 Å². The van der Waals surface area contributed by atoms with Crippen LogP contribution in [0.15, 0.2) is 23.9 Å². The largest absolute Gasteiger partial charge is 0.478 e. The fraction of sp³-hybridized carbons (Fsp3) is 0.200. The van der Waals surface area contributed by atoms with Crippen molar-refractivity contribution in [1.29, 1.82) is 5.26 Å². The topological polar surface area (TPSA) is 131 Å². The number of imide groups is 1. The predicted octanol–water partition coefficient (Wildman–Crippen LogP) is 0.222. The minimum atomic E-state index is -1.27. The van der Waals surface area contributed by atoms with Crippen LogP contribution in [0, 0.1) is 18.3 Å². The van der Waals surface area contributed by atoms with E-state index in [1.54, 1.807) is 6.92 Å². The molecule has 3 N–H and O–H groups in total. The Labute approximate surface area is 131 Å². The molecule has 2 rings (SSSR count). The van der Waals surface area contributed by atoms with Gasteiger partial charge in [0.2, 0.25) is 0 Å². The van der Waals surface area contributed by atoms with Gasteiger partial charge in [0.15, 0.2) is 0 Å². The number of aryl methyl sites for hydroxylation is 1. The van der Waals surface area contributed by atoms with E-state index in [0.717, 1.165) is 11.0 Å². The molecule has 0 atom stereocenters. The molecule has 2 amide bonds. The number of benzene rings is 1. The van der Waals surface area contributed by atoms with Gasteiger partial charge < -0.3 is 15.5 Å². The zero-order valence-corrected chi connectivity index (χ0v) is 12.2. The number of carbonyl (C=O) groups excluding carboxylic acids is 2. The quantitative estimate of drug-likeness (QED) is 0.662. The zero-order chi connectivity index (χ0) is 17.1. The summed E-state index contributed by atoms with van der Waals surface area (Å²) < 4.78 is 0. The predicted molar refractivity (Wildman–Crippen MR) is 78.4 cm³/mol. The molecule has 0 bridgehead atoms. The molecule has 118 valence electrons. The molecule has 1 aliphatic rings. The smallest absolute Gasteiger partial charge is 0.337 e. The third-order valence-electron chi connectivity index (χ3n) is 3.29. The minimum absolute atomic E-state index is 0.0845. The summed E-state index contributed by atoms with van der Waals surface area (Å²) in [5.74, 6) is -2.50. The normalized spacial score (nSPS) is 13.8. The average Bonchev–Trinajstić information content (AvgIpc) is 2.76. The number of nitrogens with one attached hydrogen (secondary N) is 1. The fourth-order valence-corrected chi connectivity index (χ4v) is 2.23. The summed E-state index contributed by atoms with van der Waals surface area (Å²) in [7, 11) is 0. The highest BCUT2D eigenvalue weighted by Crippen LogP contribution is 2.26. The van der Waals surface area contributed by atoms with Gasteiger partial charge in [0, 0.05) is 6.08 Å². The molecule has 1 aliphatic heterocycles. The summed E-state index contributed by atoms with van der Waals surface area (Å²) in [4.78, 5) is 36.0. The molecular weight excluding hydrogens is 302 g/mol. The van der Waals surface area contributed by atoms with Crippen LogP contribution in [0.4, 0.5) is 5.69 Å². The van der Waals surface area contributed by atoms with E-state index in [-0.39, 0.29) is 35.7 Å². The first kappa shape index (κ1) is 16.2. The van der Waals surface area contributed by atoms with Crippen LogP contribution in [0.2, 0.25) is 0 Å². The lowest BCUT2D eigenvalue weighted by atomic mass is 10.0. The summed E-state index contributed by atoms with van der Waals surface area (Å²) in [6.07, 6.45) is 1.04. The highest BCUT2D eigenvalue weighted by molar-refractivity contribution is 6.17. The maximum absolute atomic E-state index is 12.1. The van der Waals surface area contributed by atoms with Gasteiger partial charge in [-0.3, -0.25) is 14.5 Å². The lowest BCUT2D eigenvalue weighted by Gasteiger charge is -2.16. The molecule has 0 saturated carbocycles. The highest BCUT2D eigenvalue weighted by atomic mass is 16.4. The highest BCUT2D eigenvalue weighted by Gasteiger charge is 2.31. The molecule has 1 heterocycles. The molecule has 0 spiro atoms.